The summed E-state index contributed by atoms with van der Waals surface area (Å²) in [6.07, 6.45) is 2.86. The molecule has 0 radical (unpaired) electrons. The van der Waals surface area contributed by atoms with E-state index in [4.69, 9.17) is 10.5 Å². The van der Waals surface area contributed by atoms with Gasteiger partial charge in [-0.25, -0.2) is 4.79 Å². The molecule has 2 atom stereocenters. The predicted octanol–water partition coefficient (Wildman–Crippen LogP) is 3.40. The van der Waals surface area contributed by atoms with Crippen LogP contribution in [0.25, 0.3) is 0 Å². The minimum Gasteiger partial charge on any atom is -0.448 e. The number of hydrogen-bond donors (Lipinski definition) is 1. The zero-order valence-electron chi connectivity index (χ0n) is 17.0. The zero-order chi connectivity index (χ0) is 21.8. The first-order chi connectivity index (χ1) is 15.1. The number of benzene rings is 2. The molecule has 2 aliphatic heterocycles. The van der Waals surface area contributed by atoms with Crippen molar-refractivity contribution in [3.8, 4) is 11.8 Å². The predicted molar refractivity (Wildman–Crippen MR) is 122 cm³/mol. The van der Waals surface area contributed by atoms with Crippen molar-refractivity contribution >= 4 is 23.6 Å². The quantitative estimate of drug-likeness (QED) is 0.447. The first-order valence-electron chi connectivity index (χ1n) is 9.95. The summed E-state index contributed by atoms with van der Waals surface area (Å²) in [7, 11) is 0. The number of hydrogen-bond acceptors (Lipinski definition) is 5. The van der Waals surface area contributed by atoms with Gasteiger partial charge in [0.15, 0.2) is 6.10 Å². The number of thioether (sulfide) groups is 1. The van der Waals surface area contributed by atoms with E-state index >= 15 is 0 Å². The Balaban J connectivity index is 1.71. The molecule has 4 rings (SSSR count). The van der Waals surface area contributed by atoms with Crippen LogP contribution in [0.3, 0.4) is 0 Å². The van der Waals surface area contributed by atoms with E-state index < -0.39 is 18.1 Å². The second-order valence-electron chi connectivity index (χ2n) is 7.14. The van der Waals surface area contributed by atoms with Crippen LogP contribution >= 0.6 is 11.8 Å². The van der Waals surface area contributed by atoms with Crippen LogP contribution in [0, 0.1) is 11.8 Å². The highest BCUT2D eigenvalue weighted by Gasteiger charge is 2.52. The average Bonchev–Trinajstić information content (AvgIpc) is 2.82. The minimum atomic E-state index is -0.604. The summed E-state index contributed by atoms with van der Waals surface area (Å²) in [6.45, 7) is 1.74. The van der Waals surface area contributed by atoms with Crippen LogP contribution in [-0.4, -0.2) is 33.9 Å². The van der Waals surface area contributed by atoms with Gasteiger partial charge in [-0.15, -0.1) is 17.7 Å². The molecule has 0 spiro atoms. The lowest BCUT2D eigenvalue weighted by Gasteiger charge is -2.48. The number of amides is 1. The summed E-state index contributed by atoms with van der Waals surface area (Å²) in [5.41, 5.74) is 8.62. The molecular weight excluding hydrogens is 408 g/mol. The Morgan fingerprint density at radius 1 is 1.16 bits per heavy atom. The third-order valence-corrected chi connectivity index (χ3v) is 6.50. The Hall–Kier alpha value is -3.27. The average molecular weight is 431 g/mol. The Morgan fingerprint density at radius 2 is 1.77 bits per heavy atom. The first-order valence-corrected chi connectivity index (χ1v) is 11.0. The molecule has 2 aliphatic rings. The molecule has 0 saturated carbocycles. The van der Waals surface area contributed by atoms with Crippen molar-refractivity contribution in [3.63, 3.8) is 0 Å². The second-order valence-corrected chi connectivity index (χ2v) is 8.25. The van der Waals surface area contributed by atoms with Crippen LogP contribution < -0.4 is 5.73 Å². The van der Waals surface area contributed by atoms with Crippen molar-refractivity contribution in [2.24, 2.45) is 5.73 Å². The summed E-state index contributed by atoms with van der Waals surface area (Å²) < 4.78 is 6.02. The summed E-state index contributed by atoms with van der Waals surface area (Å²) in [6, 6.07) is 18.5. The number of esters is 1. The zero-order valence-corrected chi connectivity index (χ0v) is 17.8. The van der Waals surface area contributed by atoms with Gasteiger partial charge in [0.05, 0.1) is 0 Å². The summed E-state index contributed by atoms with van der Waals surface area (Å²) in [4.78, 5) is 27.4. The van der Waals surface area contributed by atoms with E-state index in [-0.39, 0.29) is 17.0 Å². The number of carbonyl (C=O) groups excluding carboxylic acids is 2. The number of rotatable bonds is 5. The van der Waals surface area contributed by atoms with Crippen molar-refractivity contribution in [2.45, 2.75) is 24.4 Å². The van der Waals surface area contributed by atoms with Gasteiger partial charge in [-0.05, 0) is 35.8 Å². The molecular formula is C25H22N2O3S. The molecule has 2 N–H and O–H groups in total. The van der Waals surface area contributed by atoms with Gasteiger partial charge in [0.1, 0.15) is 17.1 Å². The van der Waals surface area contributed by atoms with Gasteiger partial charge in [-0.1, -0.05) is 66.6 Å². The molecule has 5 nitrogen and oxygen atoms in total. The molecule has 0 aliphatic carbocycles. The van der Waals surface area contributed by atoms with Crippen LogP contribution in [0.4, 0.5) is 0 Å². The molecule has 6 heteroatoms. The van der Waals surface area contributed by atoms with Gasteiger partial charge in [-0.2, -0.15) is 0 Å². The lowest BCUT2D eigenvalue weighted by molar-refractivity contribution is -0.153. The summed E-state index contributed by atoms with van der Waals surface area (Å²) in [5, 5.41) is -0.253. The number of ether oxygens (including phenoxy) is 1. The fourth-order valence-corrected chi connectivity index (χ4v) is 4.89. The molecule has 2 aromatic rings. The summed E-state index contributed by atoms with van der Waals surface area (Å²) in [5.74, 6) is 5.38. The Morgan fingerprint density at radius 3 is 2.35 bits per heavy atom. The molecule has 0 aromatic heterocycles. The van der Waals surface area contributed by atoms with E-state index in [9.17, 15) is 9.59 Å². The highest BCUT2D eigenvalue weighted by atomic mass is 32.2. The largest absolute Gasteiger partial charge is 0.448 e. The molecule has 0 bridgehead atoms. The van der Waals surface area contributed by atoms with Crippen LogP contribution in [-0.2, 0) is 14.3 Å². The SMILES string of the molecule is CC#CC=CC1=C(C(=O)OC(c2ccccc2)c2ccccc2)N2C(=O)[C@@H](N)[C@H]2SC1. The van der Waals surface area contributed by atoms with E-state index in [1.165, 1.54) is 16.7 Å². The Kier molecular flexibility index (Phi) is 6.26. The van der Waals surface area contributed by atoms with Crippen molar-refractivity contribution in [1.82, 2.24) is 4.90 Å². The highest BCUT2D eigenvalue weighted by molar-refractivity contribution is 8.00. The van der Waals surface area contributed by atoms with E-state index in [0.29, 0.717) is 11.3 Å². The van der Waals surface area contributed by atoms with Gasteiger partial charge in [0.2, 0.25) is 5.91 Å². The molecule has 1 saturated heterocycles. The molecule has 156 valence electrons. The van der Waals surface area contributed by atoms with Crippen LogP contribution in [0.5, 0.6) is 0 Å². The van der Waals surface area contributed by atoms with Gasteiger partial charge in [-0.3, -0.25) is 9.69 Å². The Labute approximate surface area is 186 Å². The third kappa shape index (κ3) is 4.15. The highest BCUT2D eigenvalue weighted by Crippen LogP contribution is 2.41. The smallest absolute Gasteiger partial charge is 0.356 e. The number of nitrogens with zero attached hydrogens (tertiary/aromatic N) is 1. The Bertz CT molecular complexity index is 1060. The fraction of sp³-hybridized carbons (Fsp3) is 0.200. The van der Waals surface area contributed by atoms with Gasteiger partial charge >= 0.3 is 5.97 Å². The monoisotopic (exact) mass is 430 g/mol. The fourth-order valence-electron chi connectivity index (χ4n) is 3.63. The van der Waals surface area contributed by atoms with Crippen molar-refractivity contribution in [3.05, 3.63) is 95.2 Å². The first kappa shape index (κ1) is 21.0. The molecule has 1 amide bonds. The molecule has 2 aromatic carbocycles. The van der Waals surface area contributed by atoms with Crippen LogP contribution in [0.1, 0.15) is 24.2 Å². The van der Waals surface area contributed by atoms with E-state index in [2.05, 4.69) is 11.8 Å². The molecule has 31 heavy (non-hydrogen) atoms. The standard InChI is InChI=1S/C25H22N2O3S/c1-2-3-6-15-19-16-31-24-20(26)23(28)27(24)21(19)25(29)30-22(17-11-7-4-8-12-17)18-13-9-5-10-14-18/h4-15,20,22,24H,16,26H2,1H3/t20-,24-/m1/s1. The maximum atomic E-state index is 13.4. The number of fused-ring (bicyclic) bond motifs is 1. The molecule has 0 unspecified atom stereocenters. The second kappa shape index (κ2) is 9.25. The van der Waals surface area contributed by atoms with Crippen molar-refractivity contribution in [2.75, 3.05) is 5.75 Å². The van der Waals surface area contributed by atoms with Crippen molar-refractivity contribution in [1.29, 1.82) is 0 Å². The van der Waals surface area contributed by atoms with E-state index in [1.54, 1.807) is 19.1 Å². The normalized spacial score (nSPS) is 20.2. The maximum Gasteiger partial charge on any atom is 0.356 e. The lowest BCUT2D eigenvalue weighted by Crippen LogP contribution is -2.68. The number of carbonyl (C=O) groups is 2. The van der Waals surface area contributed by atoms with Crippen LogP contribution in [0.15, 0.2) is 84.1 Å². The van der Waals surface area contributed by atoms with Gasteiger partial charge < -0.3 is 10.5 Å². The van der Waals surface area contributed by atoms with E-state index in [1.807, 2.05) is 60.7 Å². The summed E-state index contributed by atoms with van der Waals surface area (Å²) >= 11 is 1.54. The lowest BCUT2D eigenvalue weighted by atomic mass is 10.0. The van der Waals surface area contributed by atoms with Gasteiger partial charge in [0.25, 0.3) is 0 Å². The number of nitrogens with two attached hydrogens (primary N) is 1. The number of β-lactam (4-membered cyclic amide) rings is 1. The third-order valence-electron chi connectivity index (χ3n) is 5.17. The number of allylic oxidation sites excluding steroid dienone is 2. The topological polar surface area (TPSA) is 72.6 Å². The van der Waals surface area contributed by atoms with Crippen molar-refractivity contribution < 1.29 is 14.3 Å². The molecule has 1 fully saturated rings. The van der Waals surface area contributed by atoms with Gasteiger partial charge in [0, 0.05) is 5.75 Å². The van der Waals surface area contributed by atoms with E-state index in [0.717, 1.165) is 11.1 Å². The molecule has 2 heterocycles. The minimum absolute atomic E-state index is 0.251. The van der Waals surface area contributed by atoms with Crippen LogP contribution in [0.2, 0.25) is 0 Å². The maximum absolute atomic E-state index is 13.4.